The van der Waals surface area contributed by atoms with Crippen LogP contribution in [-0.4, -0.2) is 0 Å². The topological polar surface area (TPSA) is 0 Å². The number of hydrogen-bond acceptors (Lipinski definition) is 0. The van der Waals surface area contributed by atoms with Gasteiger partial charge in [0.25, 0.3) is 0 Å². The summed E-state index contributed by atoms with van der Waals surface area (Å²) in [7, 11) is 0. The summed E-state index contributed by atoms with van der Waals surface area (Å²) in [4.78, 5) is 0. The van der Waals surface area contributed by atoms with E-state index in [2.05, 4.69) is 49.8 Å². The molecular formula is C14H13Y-. The van der Waals surface area contributed by atoms with Gasteiger partial charge in [0.1, 0.15) is 0 Å². The van der Waals surface area contributed by atoms with Crippen molar-refractivity contribution in [1.82, 2.24) is 0 Å². The Morgan fingerprint density at radius 1 is 1.33 bits per heavy atom. The summed E-state index contributed by atoms with van der Waals surface area (Å²) in [6.07, 6.45) is 10.1. The van der Waals surface area contributed by atoms with E-state index in [-0.39, 0.29) is 32.7 Å². The Morgan fingerprint density at radius 2 is 2.20 bits per heavy atom. The molecule has 0 bridgehead atoms. The summed E-state index contributed by atoms with van der Waals surface area (Å²) in [5.41, 5.74) is 5.85. The molecule has 0 aliphatic heterocycles. The number of rotatable bonds is 0. The molecule has 2 aliphatic rings. The first-order chi connectivity index (χ1) is 6.86. The molecule has 1 aromatic carbocycles. The van der Waals surface area contributed by atoms with Crippen LogP contribution in [0, 0.1) is 6.42 Å². The molecule has 1 atom stereocenters. The SMILES string of the molecule is CC1[CH-]C=C2C=CCc3cccc1c32.[Y]. The van der Waals surface area contributed by atoms with Crippen LogP contribution in [0.5, 0.6) is 0 Å². The molecule has 15 heavy (non-hydrogen) atoms. The summed E-state index contributed by atoms with van der Waals surface area (Å²) in [6, 6.07) is 6.68. The van der Waals surface area contributed by atoms with Crippen molar-refractivity contribution in [2.45, 2.75) is 19.3 Å². The molecule has 2 aliphatic carbocycles. The predicted molar refractivity (Wildman–Crippen MR) is 60.0 cm³/mol. The molecular weight excluding hydrogens is 257 g/mol. The molecule has 1 heteroatoms. The summed E-state index contributed by atoms with van der Waals surface area (Å²) in [6.45, 7) is 2.27. The fourth-order valence-electron chi connectivity index (χ4n) is 2.41. The number of hydrogen-bond donors (Lipinski definition) is 0. The third-order valence-electron chi connectivity index (χ3n) is 3.16. The molecule has 0 N–H and O–H groups in total. The first-order valence-corrected chi connectivity index (χ1v) is 5.20. The molecule has 1 unspecified atom stereocenters. The Morgan fingerprint density at radius 3 is 3.07 bits per heavy atom. The standard InChI is InChI=1S/C14H13.Y/c1-10-8-9-12-5-2-4-11-6-3-7-13(10)14(11)12;/h2-3,5-10H,4H2,1H3;/q-1;. The van der Waals surface area contributed by atoms with Gasteiger partial charge >= 0.3 is 0 Å². The minimum absolute atomic E-state index is 0. The molecule has 73 valence electrons. The van der Waals surface area contributed by atoms with Crippen molar-refractivity contribution < 1.29 is 32.7 Å². The second kappa shape index (κ2) is 4.27. The zero-order chi connectivity index (χ0) is 9.54. The van der Waals surface area contributed by atoms with Gasteiger partial charge in [0.05, 0.1) is 0 Å². The van der Waals surface area contributed by atoms with E-state index >= 15 is 0 Å². The van der Waals surface area contributed by atoms with Crippen molar-refractivity contribution in [2.24, 2.45) is 0 Å². The first-order valence-electron chi connectivity index (χ1n) is 5.20. The zero-order valence-corrected chi connectivity index (χ0v) is 11.7. The third-order valence-corrected chi connectivity index (χ3v) is 3.16. The number of allylic oxidation sites excluding steroid dienone is 4. The molecule has 3 rings (SSSR count). The Bertz CT molecular complexity index is 441. The van der Waals surface area contributed by atoms with Gasteiger partial charge in [-0.3, -0.25) is 0 Å². The van der Waals surface area contributed by atoms with E-state index in [0.29, 0.717) is 5.92 Å². The molecule has 0 fully saturated rings. The van der Waals surface area contributed by atoms with Crippen LogP contribution < -0.4 is 0 Å². The minimum Gasteiger partial charge on any atom is -0.223 e. The van der Waals surface area contributed by atoms with E-state index < -0.39 is 0 Å². The molecule has 0 saturated carbocycles. The fraction of sp³-hybridized carbons (Fsp3) is 0.214. The third kappa shape index (κ3) is 1.75. The fourth-order valence-corrected chi connectivity index (χ4v) is 2.41. The molecule has 0 spiro atoms. The largest absolute Gasteiger partial charge is 0.223 e. The van der Waals surface area contributed by atoms with Crippen LogP contribution in [0.4, 0.5) is 0 Å². The predicted octanol–water partition coefficient (Wildman–Crippen LogP) is 3.50. The normalized spacial score (nSPS) is 20.9. The summed E-state index contributed by atoms with van der Waals surface area (Å²) >= 11 is 0. The first kappa shape index (κ1) is 11.2. The van der Waals surface area contributed by atoms with Crippen molar-refractivity contribution in [3.63, 3.8) is 0 Å². The van der Waals surface area contributed by atoms with Crippen LogP contribution in [0.25, 0.3) is 5.57 Å². The summed E-state index contributed by atoms with van der Waals surface area (Å²) in [5.74, 6) is 0.570. The van der Waals surface area contributed by atoms with Crippen molar-refractivity contribution in [3.8, 4) is 0 Å². The molecule has 0 amide bonds. The van der Waals surface area contributed by atoms with Crippen molar-refractivity contribution in [1.29, 1.82) is 0 Å². The summed E-state index contributed by atoms with van der Waals surface area (Å²) in [5, 5.41) is 0. The van der Waals surface area contributed by atoms with Crippen LogP contribution in [0.3, 0.4) is 0 Å². The smallest absolute Gasteiger partial charge is 0 e. The molecule has 0 saturated heterocycles. The monoisotopic (exact) mass is 270 g/mol. The van der Waals surface area contributed by atoms with E-state index in [1.165, 1.54) is 22.3 Å². The molecule has 1 radical (unpaired) electrons. The average molecular weight is 270 g/mol. The Hall–Kier alpha value is -0.326. The van der Waals surface area contributed by atoms with Gasteiger partial charge in [-0.2, -0.15) is 5.57 Å². The van der Waals surface area contributed by atoms with E-state index in [9.17, 15) is 0 Å². The second-order valence-electron chi connectivity index (χ2n) is 4.09. The Balaban J connectivity index is 0.000000853. The molecule has 1 aromatic rings. The maximum Gasteiger partial charge on any atom is 0 e. The Labute approximate surface area is 116 Å². The van der Waals surface area contributed by atoms with Crippen molar-refractivity contribution in [3.05, 3.63) is 59.5 Å². The quantitative estimate of drug-likeness (QED) is 0.633. The minimum atomic E-state index is 0. The second-order valence-corrected chi connectivity index (χ2v) is 4.09. The van der Waals surface area contributed by atoms with Crippen LogP contribution in [0.2, 0.25) is 0 Å². The van der Waals surface area contributed by atoms with E-state index in [0.717, 1.165) is 6.42 Å². The van der Waals surface area contributed by atoms with Gasteiger partial charge in [0, 0.05) is 32.7 Å². The van der Waals surface area contributed by atoms with Gasteiger partial charge in [-0.1, -0.05) is 53.8 Å². The van der Waals surface area contributed by atoms with Crippen LogP contribution in [0.15, 0.2) is 36.4 Å². The molecule has 0 nitrogen and oxygen atoms in total. The average Bonchev–Trinajstić information content (AvgIpc) is 2.24. The maximum absolute atomic E-state index is 2.29. The van der Waals surface area contributed by atoms with Gasteiger partial charge in [-0.05, 0) is 6.42 Å². The van der Waals surface area contributed by atoms with Gasteiger partial charge in [0.15, 0.2) is 0 Å². The van der Waals surface area contributed by atoms with Gasteiger partial charge < -0.3 is 0 Å². The van der Waals surface area contributed by atoms with Crippen LogP contribution in [-0.2, 0) is 39.1 Å². The summed E-state index contributed by atoms with van der Waals surface area (Å²) < 4.78 is 0. The van der Waals surface area contributed by atoms with E-state index in [4.69, 9.17) is 0 Å². The Kier molecular flexibility index (Phi) is 3.18. The van der Waals surface area contributed by atoms with Gasteiger partial charge in [0.2, 0.25) is 0 Å². The van der Waals surface area contributed by atoms with Crippen molar-refractivity contribution >= 4 is 5.57 Å². The van der Waals surface area contributed by atoms with Crippen molar-refractivity contribution in [2.75, 3.05) is 0 Å². The molecule has 0 heterocycles. The van der Waals surface area contributed by atoms with E-state index in [1.54, 1.807) is 0 Å². The van der Waals surface area contributed by atoms with Crippen LogP contribution in [0.1, 0.15) is 29.5 Å². The number of benzene rings is 1. The van der Waals surface area contributed by atoms with Gasteiger partial charge in [-0.15, -0.1) is 6.08 Å². The van der Waals surface area contributed by atoms with Crippen LogP contribution >= 0.6 is 0 Å². The maximum atomic E-state index is 2.29. The zero-order valence-electron chi connectivity index (χ0n) is 8.90. The van der Waals surface area contributed by atoms with E-state index in [1.807, 2.05) is 0 Å². The van der Waals surface area contributed by atoms with Gasteiger partial charge in [-0.25, -0.2) is 12.5 Å². The molecule has 0 aromatic heterocycles.